The van der Waals surface area contributed by atoms with E-state index < -0.39 is 0 Å². The first-order valence-electron chi connectivity index (χ1n) is 6.59. The molecule has 94 valence electrons. The minimum atomic E-state index is 0.915. The Kier molecular flexibility index (Phi) is 3.30. The van der Waals surface area contributed by atoms with Crippen molar-refractivity contribution in [3.63, 3.8) is 0 Å². The molecule has 0 spiro atoms. The van der Waals surface area contributed by atoms with Crippen LogP contribution in [-0.2, 0) is 6.54 Å². The largest absolute Gasteiger partial charge is 0.316 e. The van der Waals surface area contributed by atoms with E-state index in [0.717, 1.165) is 6.54 Å². The molecule has 3 aromatic rings. The van der Waals surface area contributed by atoms with Crippen molar-refractivity contribution < 1.29 is 0 Å². The van der Waals surface area contributed by atoms with Gasteiger partial charge in [0.1, 0.15) is 0 Å². The summed E-state index contributed by atoms with van der Waals surface area (Å²) in [6, 6.07) is 23.8. The highest BCUT2D eigenvalue weighted by Crippen LogP contribution is 2.24. The minimum Gasteiger partial charge on any atom is -0.316 e. The van der Waals surface area contributed by atoms with Crippen LogP contribution in [0.3, 0.4) is 0 Å². The molecule has 3 aromatic carbocycles. The lowest BCUT2D eigenvalue weighted by molar-refractivity contribution is 0.818. The molecule has 1 N–H and O–H groups in total. The SMILES string of the molecule is CNCc1ccc(-c2ccc3ccccc3c2)cc1. The number of rotatable bonds is 3. The summed E-state index contributed by atoms with van der Waals surface area (Å²) >= 11 is 0. The highest BCUT2D eigenvalue weighted by Gasteiger charge is 1.99. The fourth-order valence-corrected chi connectivity index (χ4v) is 2.39. The summed E-state index contributed by atoms with van der Waals surface area (Å²) in [6.45, 7) is 0.915. The maximum atomic E-state index is 3.17. The molecule has 0 unspecified atom stereocenters. The zero-order chi connectivity index (χ0) is 13.1. The van der Waals surface area contributed by atoms with E-state index in [-0.39, 0.29) is 0 Å². The standard InChI is InChI=1S/C18H17N/c1-19-13-14-6-8-16(9-7-14)18-11-10-15-4-2-3-5-17(15)12-18/h2-12,19H,13H2,1H3. The van der Waals surface area contributed by atoms with Crippen molar-refractivity contribution in [2.75, 3.05) is 7.05 Å². The molecule has 0 radical (unpaired) electrons. The van der Waals surface area contributed by atoms with Gasteiger partial charge in [-0.15, -0.1) is 0 Å². The molecule has 0 aromatic heterocycles. The summed E-state index contributed by atoms with van der Waals surface area (Å²) in [5, 5.41) is 5.75. The second-order valence-electron chi connectivity index (χ2n) is 4.79. The van der Waals surface area contributed by atoms with Gasteiger partial charge in [0.2, 0.25) is 0 Å². The van der Waals surface area contributed by atoms with E-state index >= 15 is 0 Å². The Hall–Kier alpha value is -2.12. The van der Waals surface area contributed by atoms with Gasteiger partial charge in [0.15, 0.2) is 0 Å². The maximum Gasteiger partial charge on any atom is 0.0202 e. The van der Waals surface area contributed by atoms with E-state index in [2.05, 4.69) is 72.0 Å². The van der Waals surface area contributed by atoms with Crippen LogP contribution in [-0.4, -0.2) is 7.05 Å². The lowest BCUT2D eigenvalue weighted by atomic mass is 10.0. The van der Waals surface area contributed by atoms with Crippen LogP contribution < -0.4 is 5.32 Å². The Morgan fingerprint density at radius 1 is 0.737 bits per heavy atom. The van der Waals surface area contributed by atoms with Gasteiger partial charge in [0.05, 0.1) is 0 Å². The van der Waals surface area contributed by atoms with Crippen LogP contribution in [0.15, 0.2) is 66.7 Å². The van der Waals surface area contributed by atoms with Gasteiger partial charge in [-0.1, -0.05) is 60.7 Å². The molecule has 0 saturated carbocycles. The molecule has 0 atom stereocenters. The average molecular weight is 247 g/mol. The quantitative estimate of drug-likeness (QED) is 0.730. The first-order valence-corrected chi connectivity index (χ1v) is 6.59. The Bertz CT molecular complexity index is 683. The molecule has 1 heteroatoms. The summed E-state index contributed by atoms with van der Waals surface area (Å²) in [6.07, 6.45) is 0. The van der Waals surface area contributed by atoms with Crippen molar-refractivity contribution in [2.45, 2.75) is 6.54 Å². The van der Waals surface area contributed by atoms with E-state index in [1.807, 2.05) is 7.05 Å². The second kappa shape index (κ2) is 5.25. The summed E-state index contributed by atoms with van der Waals surface area (Å²) in [4.78, 5) is 0. The van der Waals surface area contributed by atoms with Crippen LogP contribution in [0.4, 0.5) is 0 Å². The van der Waals surface area contributed by atoms with E-state index in [9.17, 15) is 0 Å². The molecular weight excluding hydrogens is 230 g/mol. The number of benzene rings is 3. The van der Waals surface area contributed by atoms with Crippen molar-refractivity contribution in [3.05, 3.63) is 72.3 Å². The van der Waals surface area contributed by atoms with Gasteiger partial charge in [-0.05, 0) is 40.6 Å². The molecule has 1 nitrogen and oxygen atoms in total. The minimum absolute atomic E-state index is 0.915. The van der Waals surface area contributed by atoms with Gasteiger partial charge < -0.3 is 5.32 Å². The summed E-state index contributed by atoms with van der Waals surface area (Å²) in [5.74, 6) is 0. The normalized spacial score (nSPS) is 10.8. The average Bonchev–Trinajstić information content (AvgIpc) is 2.48. The van der Waals surface area contributed by atoms with Gasteiger partial charge in [0.25, 0.3) is 0 Å². The van der Waals surface area contributed by atoms with Crippen LogP contribution in [0.25, 0.3) is 21.9 Å². The Morgan fingerprint density at radius 2 is 1.42 bits per heavy atom. The van der Waals surface area contributed by atoms with E-state index in [0.29, 0.717) is 0 Å². The lowest BCUT2D eigenvalue weighted by Crippen LogP contribution is -2.04. The van der Waals surface area contributed by atoms with Crippen molar-refractivity contribution in [3.8, 4) is 11.1 Å². The Labute approximate surface area is 113 Å². The molecule has 0 bridgehead atoms. The van der Waals surface area contributed by atoms with Gasteiger partial charge in [-0.3, -0.25) is 0 Å². The van der Waals surface area contributed by atoms with E-state index in [1.165, 1.54) is 27.5 Å². The molecule has 0 fully saturated rings. The van der Waals surface area contributed by atoms with Crippen LogP contribution in [0.5, 0.6) is 0 Å². The first kappa shape index (κ1) is 11.9. The van der Waals surface area contributed by atoms with Gasteiger partial charge in [-0.25, -0.2) is 0 Å². The highest BCUT2D eigenvalue weighted by molar-refractivity contribution is 5.87. The number of hydrogen-bond donors (Lipinski definition) is 1. The lowest BCUT2D eigenvalue weighted by Gasteiger charge is -2.06. The zero-order valence-electron chi connectivity index (χ0n) is 11.1. The van der Waals surface area contributed by atoms with Crippen LogP contribution >= 0.6 is 0 Å². The third kappa shape index (κ3) is 2.51. The zero-order valence-corrected chi connectivity index (χ0v) is 11.1. The van der Waals surface area contributed by atoms with Gasteiger partial charge in [-0.2, -0.15) is 0 Å². The monoisotopic (exact) mass is 247 g/mol. The molecule has 19 heavy (non-hydrogen) atoms. The second-order valence-corrected chi connectivity index (χ2v) is 4.79. The molecule has 0 heterocycles. The molecule has 0 amide bonds. The van der Waals surface area contributed by atoms with Gasteiger partial charge >= 0.3 is 0 Å². The molecule has 0 aliphatic carbocycles. The van der Waals surface area contributed by atoms with Crippen molar-refractivity contribution in [1.82, 2.24) is 5.32 Å². The third-order valence-electron chi connectivity index (χ3n) is 3.42. The number of hydrogen-bond acceptors (Lipinski definition) is 1. The van der Waals surface area contributed by atoms with Crippen molar-refractivity contribution in [1.29, 1.82) is 0 Å². The summed E-state index contributed by atoms with van der Waals surface area (Å²) in [5.41, 5.74) is 3.85. The third-order valence-corrected chi connectivity index (χ3v) is 3.42. The Balaban J connectivity index is 1.99. The van der Waals surface area contributed by atoms with Crippen LogP contribution in [0.2, 0.25) is 0 Å². The Morgan fingerprint density at radius 3 is 2.16 bits per heavy atom. The van der Waals surface area contributed by atoms with Crippen molar-refractivity contribution >= 4 is 10.8 Å². The summed E-state index contributed by atoms with van der Waals surface area (Å²) < 4.78 is 0. The molecule has 0 aliphatic heterocycles. The molecular formula is C18H17N. The number of fused-ring (bicyclic) bond motifs is 1. The van der Waals surface area contributed by atoms with Gasteiger partial charge in [0, 0.05) is 6.54 Å². The van der Waals surface area contributed by atoms with E-state index in [1.54, 1.807) is 0 Å². The van der Waals surface area contributed by atoms with Crippen molar-refractivity contribution in [2.24, 2.45) is 0 Å². The smallest absolute Gasteiger partial charge is 0.0202 e. The first-order chi connectivity index (χ1) is 9.36. The molecule has 0 aliphatic rings. The molecule has 0 saturated heterocycles. The van der Waals surface area contributed by atoms with Crippen LogP contribution in [0, 0.1) is 0 Å². The fraction of sp³-hybridized carbons (Fsp3) is 0.111. The predicted molar refractivity (Wildman–Crippen MR) is 82.1 cm³/mol. The predicted octanol–water partition coefficient (Wildman–Crippen LogP) is 4.23. The highest BCUT2D eigenvalue weighted by atomic mass is 14.8. The van der Waals surface area contributed by atoms with E-state index in [4.69, 9.17) is 0 Å². The topological polar surface area (TPSA) is 12.0 Å². The molecule has 3 rings (SSSR count). The number of nitrogens with one attached hydrogen (secondary N) is 1. The summed E-state index contributed by atoms with van der Waals surface area (Å²) in [7, 11) is 1.97. The fourth-order valence-electron chi connectivity index (χ4n) is 2.39. The maximum absolute atomic E-state index is 3.17. The van der Waals surface area contributed by atoms with Crippen LogP contribution in [0.1, 0.15) is 5.56 Å².